The summed E-state index contributed by atoms with van der Waals surface area (Å²) in [5, 5.41) is 9.88. The third kappa shape index (κ3) is 3.70. The molecule has 0 aliphatic heterocycles. The maximum Gasteiger partial charge on any atom is 0.317 e. The molecule has 2 heterocycles. The summed E-state index contributed by atoms with van der Waals surface area (Å²) in [5.74, 6) is 0.881. The minimum atomic E-state index is -0.00199. The van der Waals surface area contributed by atoms with Gasteiger partial charge in [-0.05, 0) is 32.4 Å². The van der Waals surface area contributed by atoms with E-state index in [0.29, 0.717) is 6.54 Å². The Balaban J connectivity index is 1.54. The van der Waals surface area contributed by atoms with Gasteiger partial charge in [0.05, 0.1) is 16.4 Å². The lowest BCUT2D eigenvalue weighted by atomic mass is 10.1. The van der Waals surface area contributed by atoms with Gasteiger partial charge in [0.15, 0.2) is 0 Å². The number of urea groups is 1. The molecule has 3 N–H and O–H groups in total. The molecule has 0 atom stereocenters. The summed E-state index contributed by atoms with van der Waals surface area (Å²) in [7, 11) is 0. The molecular weight excluding hydrogens is 362 g/mol. The second-order valence-electron chi connectivity index (χ2n) is 7.08. The van der Waals surface area contributed by atoms with Crippen molar-refractivity contribution in [2.24, 2.45) is 0 Å². The van der Waals surface area contributed by atoms with E-state index in [2.05, 4.69) is 39.9 Å². The first-order chi connectivity index (χ1) is 14.2. The number of anilines is 1. The Labute approximate surface area is 170 Å². The Morgan fingerprint density at radius 2 is 1.72 bits per heavy atom. The van der Waals surface area contributed by atoms with Gasteiger partial charge in [0.1, 0.15) is 5.82 Å². The van der Waals surface area contributed by atoms with Gasteiger partial charge in [-0.3, -0.25) is 0 Å². The fourth-order valence-electron chi connectivity index (χ4n) is 3.79. The molecule has 2 aromatic carbocycles. The SMILES string of the molecule is CCN(CC)C(=O)NCCCNc1nc2ccccc2c2[nH]c3ccccc3c12. The predicted octanol–water partition coefficient (Wildman–Crippen LogP) is 4.72. The Bertz CT molecular complexity index is 1150. The minimum Gasteiger partial charge on any atom is -0.369 e. The topological polar surface area (TPSA) is 73.1 Å². The minimum absolute atomic E-state index is 0.00199. The van der Waals surface area contributed by atoms with Gasteiger partial charge in [-0.2, -0.15) is 0 Å². The van der Waals surface area contributed by atoms with Crippen LogP contribution in [-0.2, 0) is 0 Å². The average Bonchev–Trinajstić information content (AvgIpc) is 3.14. The molecule has 2 aromatic heterocycles. The number of nitrogens with one attached hydrogen (secondary N) is 3. The van der Waals surface area contributed by atoms with Crippen molar-refractivity contribution in [3.63, 3.8) is 0 Å². The van der Waals surface area contributed by atoms with E-state index in [1.807, 2.05) is 38.1 Å². The highest BCUT2D eigenvalue weighted by Gasteiger charge is 2.14. The summed E-state index contributed by atoms with van der Waals surface area (Å²) >= 11 is 0. The number of carbonyl (C=O) groups is 1. The van der Waals surface area contributed by atoms with Gasteiger partial charge in [-0.15, -0.1) is 0 Å². The van der Waals surface area contributed by atoms with E-state index >= 15 is 0 Å². The highest BCUT2D eigenvalue weighted by molar-refractivity contribution is 6.20. The Kier molecular flexibility index (Phi) is 5.51. The fourth-order valence-corrected chi connectivity index (χ4v) is 3.79. The molecule has 0 bridgehead atoms. The van der Waals surface area contributed by atoms with Crippen molar-refractivity contribution < 1.29 is 4.79 Å². The molecule has 0 saturated carbocycles. The largest absolute Gasteiger partial charge is 0.369 e. The number of aromatic amines is 1. The van der Waals surface area contributed by atoms with Crippen molar-refractivity contribution >= 4 is 44.6 Å². The molecular formula is C23H27N5O. The van der Waals surface area contributed by atoms with Crippen LogP contribution in [0.2, 0.25) is 0 Å². The number of nitrogens with zero attached hydrogens (tertiary/aromatic N) is 2. The number of hydrogen-bond acceptors (Lipinski definition) is 3. The molecule has 4 rings (SSSR count). The number of aromatic nitrogens is 2. The van der Waals surface area contributed by atoms with Crippen LogP contribution in [0.3, 0.4) is 0 Å². The highest BCUT2D eigenvalue weighted by Crippen LogP contribution is 2.34. The van der Waals surface area contributed by atoms with Gasteiger partial charge in [0.2, 0.25) is 0 Å². The summed E-state index contributed by atoms with van der Waals surface area (Å²) < 4.78 is 0. The van der Waals surface area contributed by atoms with Crippen LogP contribution >= 0.6 is 0 Å². The molecule has 0 aliphatic carbocycles. The lowest BCUT2D eigenvalue weighted by Crippen LogP contribution is -2.40. The zero-order valence-corrected chi connectivity index (χ0v) is 17.0. The lowest BCUT2D eigenvalue weighted by molar-refractivity contribution is 0.203. The molecule has 0 saturated heterocycles. The zero-order valence-electron chi connectivity index (χ0n) is 17.0. The second kappa shape index (κ2) is 8.39. The molecule has 0 unspecified atom stereocenters. The number of rotatable bonds is 7. The molecule has 0 aliphatic rings. The van der Waals surface area contributed by atoms with Gasteiger partial charge >= 0.3 is 6.03 Å². The third-order valence-electron chi connectivity index (χ3n) is 5.32. The smallest absolute Gasteiger partial charge is 0.317 e. The van der Waals surface area contributed by atoms with Crippen LogP contribution in [-0.4, -0.2) is 47.1 Å². The van der Waals surface area contributed by atoms with Crippen LogP contribution in [0.5, 0.6) is 0 Å². The molecule has 150 valence electrons. The van der Waals surface area contributed by atoms with E-state index in [1.165, 1.54) is 0 Å². The van der Waals surface area contributed by atoms with E-state index in [1.54, 1.807) is 4.90 Å². The number of hydrogen-bond donors (Lipinski definition) is 3. The van der Waals surface area contributed by atoms with E-state index < -0.39 is 0 Å². The fraction of sp³-hybridized carbons (Fsp3) is 0.304. The summed E-state index contributed by atoms with van der Waals surface area (Å²) in [5.41, 5.74) is 3.17. The first-order valence-corrected chi connectivity index (χ1v) is 10.3. The van der Waals surface area contributed by atoms with Crippen LogP contribution in [0.1, 0.15) is 20.3 Å². The number of H-pyrrole nitrogens is 1. The van der Waals surface area contributed by atoms with E-state index in [0.717, 1.165) is 64.6 Å². The van der Waals surface area contributed by atoms with Gasteiger partial charge in [0, 0.05) is 42.5 Å². The van der Waals surface area contributed by atoms with Gasteiger partial charge < -0.3 is 20.5 Å². The zero-order chi connectivity index (χ0) is 20.2. The number of para-hydroxylation sites is 2. The van der Waals surface area contributed by atoms with Crippen molar-refractivity contribution in [3.05, 3.63) is 48.5 Å². The summed E-state index contributed by atoms with van der Waals surface area (Å²) in [6.07, 6.45) is 0.825. The molecule has 6 heteroatoms. The monoisotopic (exact) mass is 389 g/mol. The summed E-state index contributed by atoms with van der Waals surface area (Å²) in [6.45, 7) is 6.79. The van der Waals surface area contributed by atoms with Crippen LogP contribution in [0.25, 0.3) is 32.7 Å². The molecule has 0 fully saturated rings. The third-order valence-corrected chi connectivity index (χ3v) is 5.32. The quantitative estimate of drug-likeness (QED) is 0.400. The molecule has 29 heavy (non-hydrogen) atoms. The molecule has 2 amide bonds. The number of carbonyl (C=O) groups excluding carboxylic acids is 1. The van der Waals surface area contributed by atoms with Gasteiger partial charge in [-0.1, -0.05) is 36.4 Å². The second-order valence-corrected chi connectivity index (χ2v) is 7.08. The van der Waals surface area contributed by atoms with E-state index in [4.69, 9.17) is 4.98 Å². The first kappa shape index (κ1) is 19.1. The number of amides is 2. The molecule has 0 radical (unpaired) electrons. The summed E-state index contributed by atoms with van der Waals surface area (Å²) in [6, 6.07) is 16.5. The summed E-state index contributed by atoms with van der Waals surface area (Å²) in [4.78, 5) is 22.3. The number of fused-ring (bicyclic) bond motifs is 5. The van der Waals surface area contributed by atoms with Crippen LogP contribution in [0, 0.1) is 0 Å². The first-order valence-electron chi connectivity index (χ1n) is 10.3. The van der Waals surface area contributed by atoms with E-state index in [9.17, 15) is 4.79 Å². The number of pyridine rings is 1. The van der Waals surface area contributed by atoms with Crippen LogP contribution in [0.4, 0.5) is 10.6 Å². The van der Waals surface area contributed by atoms with Crippen molar-refractivity contribution in [2.45, 2.75) is 20.3 Å². The average molecular weight is 390 g/mol. The molecule has 4 aromatic rings. The normalized spacial score (nSPS) is 11.2. The van der Waals surface area contributed by atoms with Crippen molar-refractivity contribution in [1.82, 2.24) is 20.2 Å². The standard InChI is InChI=1S/C23H27N5O/c1-3-28(4-2)23(29)25-15-9-14-24-22-20-16-10-5-7-12-18(16)26-21(20)17-11-6-8-13-19(17)27-22/h5-8,10-13,26H,3-4,9,14-15H2,1-2H3,(H,24,27)(H,25,29). The van der Waals surface area contributed by atoms with Crippen molar-refractivity contribution in [1.29, 1.82) is 0 Å². The van der Waals surface area contributed by atoms with Crippen molar-refractivity contribution in [2.75, 3.05) is 31.5 Å². The van der Waals surface area contributed by atoms with Crippen LogP contribution < -0.4 is 10.6 Å². The van der Waals surface area contributed by atoms with Crippen molar-refractivity contribution in [3.8, 4) is 0 Å². The van der Waals surface area contributed by atoms with Crippen LogP contribution in [0.15, 0.2) is 48.5 Å². The van der Waals surface area contributed by atoms with Gasteiger partial charge in [0.25, 0.3) is 0 Å². The molecule has 6 nitrogen and oxygen atoms in total. The maximum atomic E-state index is 12.0. The van der Waals surface area contributed by atoms with Gasteiger partial charge in [-0.25, -0.2) is 9.78 Å². The van der Waals surface area contributed by atoms with E-state index in [-0.39, 0.29) is 6.03 Å². The predicted molar refractivity (Wildman–Crippen MR) is 121 cm³/mol. The number of benzene rings is 2. The highest BCUT2D eigenvalue weighted by atomic mass is 16.2. The molecule has 0 spiro atoms. The maximum absolute atomic E-state index is 12.0. The Morgan fingerprint density at radius 1 is 1.00 bits per heavy atom. The lowest BCUT2D eigenvalue weighted by Gasteiger charge is -2.19. The Hall–Kier alpha value is -3.28. The Morgan fingerprint density at radius 3 is 2.52 bits per heavy atom.